The molecule has 0 bridgehead atoms. The van der Waals surface area contributed by atoms with E-state index in [0.717, 1.165) is 31.8 Å². The number of hydrogen-bond donors (Lipinski definition) is 1. The topological polar surface area (TPSA) is 54.2 Å². The van der Waals surface area contributed by atoms with Crippen LogP contribution in [0, 0.1) is 0 Å². The third-order valence-electron chi connectivity index (χ3n) is 3.99. The molecule has 0 radical (unpaired) electrons. The highest BCUT2D eigenvalue weighted by Gasteiger charge is 2.30. The minimum atomic E-state index is 0.381. The summed E-state index contributed by atoms with van der Waals surface area (Å²) >= 11 is 0. The van der Waals surface area contributed by atoms with Gasteiger partial charge in [-0.2, -0.15) is 4.98 Å². The van der Waals surface area contributed by atoms with Crippen molar-refractivity contribution in [2.45, 2.75) is 57.9 Å². The number of hydrogen-bond acceptors (Lipinski definition) is 5. The molecule has 0 aliphatic heterocycles. The van der Waals surface area contributed by atoms with Gasteiger partial charge in [0.15, 0.2) is 0 Å². The second-order valence-corrected chi connectivity index (χ2v) is 5.40. The zero-order chi connectivity index (χ0) is 13.7. The van der Waals surface area contributed by atoms with Crippen molar-refractivity contribution in [1.29, 1.82) is 0 Å². The smallest absolute Gasteiger partial charge is 0.265 e. The predicted molar refractivity (Wildman–Crippen MR) is 76.5 cm³/mol. The Balaban J connectivity index is 2.06. The van der Waals surface area contributed by atoms with Gasteiger partial charge in [-0.1, -0.05) is 19.8 Å². The van der Waals surface area contributed by atoms with Crippen LogP contribution in [-0.2, 0) is 0 Å². The first kappa shape index (κ1) is 14.3. The summed E-state index contributed by atoms with van der Waals surface area (Å²) in [5.41, 5.74) is 0. The Hall–Kier alpha value is -1.10. The highest BCUT2D eigenvalue weighted by molar-refractivity contribution is 5.26. The summed E-state index contributed by atoms with van der Waals surface area (Å²) in [7, 11) is 1.99. The summed E-state index contributed by atoms with van der Waals surface area (Å²) in [5.74, 6) is 1.90. The van der Waals surface area contributed by atoms with Gasteiger partial charge < -0.3 is 14.7 Å². The Morgan fingerprint density at radius 2 is 2.11 bits per heavy atom. The number of aromatic nitrogens is 2. The van der Waals surface area contributed by atoms with Gasteiger partial charge in [0.25, 0.3) is 5.95 Å². The molecule has 1 aromatic rings. The van der Waals surface area contributed by atoms with Crippen LogP contribution in [0.15, 0.2) is 4.52 Å². The molecular weight excluding hydrogens is 240 g/mol. The molecule has 1 N–H and O–H groups in total. The van der Waals surface area contributed by atoms with E-state index in [2.05, 4.69) is 29.3 Å². The second-order valence-electron chi connectivity index (χ2n) is 5.40. The van der Waals surface area contributed by atoms with Crippen LogP contribution in [0.4, 0.5) is 5.95 Å². The molecule has 2 atom stereocenters. The summed E-state index contributed by atoms with van der Waals surface area (Å²) in [4.78, 5) is 6.58. The van der Waals surface area contributed by atoms with Crippen molar-refractivity contribution in [2.24, 2.45) is 0 Å². The molecule has 19 heavy (non-hydrogen) atoms. The van der Waals surface area contributed by atoms with Gasteiger partial charge in [0.2, 0.25) is 5.89 Å². The molecule has 0 saturated heterocycles. The van der Waals surface area contributed by atoms with E-state index in [0.29, 0.717) is 17.9 Å². The molecule has 2 rings (SSSR count). The van der Waals surface area contributed by atoms with Gasteiger partial charge >= 0.3 is 0 Å². The monoisotopic (exact) mass is 266 g/mol. The number of nitrogens with one attached hydrogen (secondary N) is 1. The zero-order valence-corrected chi connectivity index (χ0v) is 12.4. The molecule has 0 amide bonds. The molecule has 2 unspecified atom stereocenters. The van der Waals surface area contributed by atoms with Crippen molar-refractivity contribution >= 4 is 5.95 Å². The fourth-order valence-electron chi connectivity index (χ4n) is 2.67. The lowest BCUT2D eigenvalue weighted by molar-refractivity contribution is 0.262. The Labute approximate surface area is 115 Å². The number of rotatable bonds is 6. The lowest BCUT2D eigenvalue weighted by Crippen LogP contribution is -2.37. The standard InChI is InChI=1S/C14H26N4O/c1-4-10-15-12-9-7-6-8-11(12)13-16-14(17-19-13)18(3)5-2/h11-12,15H,4-10H2,1-3H3. The highest BCUT2D eigenvalue weighted by atomic mass is 16.5. The summed E-state index contributed by atoms with van der Waals surface area (Å²) < 4.78 is 5.49. The van der Waals surface area contributed by atoms with E-state index in [4.69, 9.17) is 4.52 Å². The van der Waals surface area contributed by atoms with Crippen LogP contribution in [0.3, 0.4) is 0 Å². The van der Waals surface area contributed by atoms with Crippen LogP contribution >= 0.6 is 0 Å². The van der Waals surface area contributed by atoms with Gasteiger partial charge in [-0.3, -0.25) is 0 Å². The van der Waals surface area contributed by atoms with Gasteiger partial charge in [-0.25, -0.2) is 0 Å². The Morgan fingerprint density at radius 1 is 1.32 bits per heavy atom. The van der Waals surface area contributed by atoms with Gasteiger partial charge in [-0.15, -0.1) is 0 Å². The van der Waals surface area contributed by atoms with Crippen molar-refractivity contribution in [1.82, 2.24) is 15.5 Å². The summed E-state index contributed by atoms with van der Waals surface area (Å²) in [5, 5.41) is 7.72. The fraction of sp³-hybridized carbons (Fsp3) is 0.857. The average Bonchev–Trinajstić information content (AvgIpc) is 2.94. The molecule has 108 valence electrons. The fourth-order valence-corrected chi connectivity index (χ4v) is 2.67. The minimum Gasteiger partial charge on any atom is -0.342 e. The number of nitrogens with zero attached hydrogens (tertiary/aromatic N) is 3. The minimum absolute atomic E-state index is 0.381. The maximum absolute atomic E-state index is 5.49. The van der Waals surface area contributed by atoms with E-state index in [1.165, 1.54) is 19.3 Å². The average molecular weight is 266 g/mol. The Bertz CT molecular complexity index is 379. The maximum atomic E-state index is 5.49. The molecule has 5 nitrogen and oxygen atoms in total. The van der Waals surface area contributed by atoms with Crippen LogP contribution < -0.4 is 10.2 Å². The summed E-state index contributed by atoms with van der Waals surface area (Å²) in [6, 6.07) is 0.494. The maximum Gasteiger partial charge on any atom is 0.265 e. The highest BCUT2D eigenvalue weighted by Crippen LogP contribution is 2.32. The quantitative estimate of drug-likeness (QED) is 0.857. The van der Waals surface area contributed by atoms with E-state index in [1.54, 1.807) is 0 Å². The van der Waals surface area contributed by atoms with Crippen LogP contribution in [0.1, 0.15) is 57.8 Å². The van der Waals surface area contributed by atoms with E-state index in [-0.39, 0.29) is 0 Å². The number of anilines is 1. The lowest BCUT2D eigenvalue weighted by atomic mass is 9.84. The van der Waals surface area contributed by atoms with Crippen LogP contribution in [-0.4, -0.2) is 36.3 Å². The first-order chi connectivity index (χ1) is 9.26. The summed E-state index contributed by atoms with van der Waals surface area (Å²) in [6.45, 7) is 6.24. The molecular formula is C14H26N4O. The molecule has 1 saturated carbocycles. The molecule has 5 heteroatoms. The normalized spacial score (nSPS) is 23.5. The Morgan fingerprint density at radius 3 is 2.84 bits per heavy atom. The molecule has 1 fully saturated rings. The third-order valence-corrected chi connectivity index (χ3v) is 3.99. The van der Waals surface area contributed by atoms with Crippen LogP contribution in [0.2, 0.25) is 0 Å². The van der Waals surface area contributed by atoms with Crippen molar-refractivity contribution in [3.05, 3.63) is 5.89 Å². The van der Waals surface area contributed by atoms with Crippen molar-refractivity contribution in [2.75, 3.05) is 25.0 Å². The van der Waals surface area contributed by atoms with Crippen molar-refractivity contribution in [3.63, 3.8) is 0 Å². The van der Waals surface area contributed by atoms with Gasteiger partial charge in [-0.05, 0) is 37.9 Å². The molecule has 1 heterocycles. The SMILES string of the molecule is CCCNC1CCCCC1c1nc(N(C)CC)no1. The van der Waals surface area contributed by atoms with E-state index in [1.807, 2.05) is 11.9 Å². The van der Waals surface area contributed by atoms with Gasteiger partial charge in [0.1, 0.15) is 0 Å². The molecule has 1 aliphatic rings. The first-order valence-electron chi connectivity index (χ1n) is 7.54. The van der Waals surface area contributed by atoms with Gasteiger partial charge in [0.05, 0.1) is 5.92 Å². The van der Waals surface area contributed by atoms with E-state index < -0.39 is 0 Å². The molecule has 1 aliphatic carbocycles. The van der Waals surface area contributed by atoms with Crippen molar-refractivity contribution < 1.29 is 4.52 Å². The van der Waals surface area contributed by atoms with Crippen LogP contribution in [0.25, 0.3) is 0 Å². The van der Waals surface area contributed by atoms with Crippen LogP contribution in [0.5, 0.6) is 0 Å². The molecule has 0 spiro atoms. The summed E-state index contributed by atoms with van der Waals surface area (Å²) in [6.07, 6.45) is 6.09. The lowest BCUT2D eigenvalue weighted by Gasteiger charge is -2.29. The Kier molecular flexibility index (Phi) is 5.19. The molecule has 0 aromatic carbocycles. The van der Waals surface area contributed by atoms with E-state index >= 15 is 0 Å². The van der Waals surface area contributed by atoms with Crippen molar-refractivity contribution in [3.8, 4) is 0 Å². The van der Waals surface area contributed by atoms with E-state index in [9.17, 15) is 0 Å². The predicted octanol–water partition coefficient (Wildman–Crippen LogP) is 2.55. The third kappa shape index (κ3) is 3.47. The molecule has 1 aromatic heterocycles. The second kappa shape index (κ2) is 6.89. The largest absolute Gasteiger partial charge is 0.342 e. The zero-order valence-electron chi connectivity index (χ0n) is 12.4. The first-order valence-corrected chi connectivity index (χ1v) is 7.54. The van der Waals surface area contributed by atoms with Gasteiger partial charge in [0, 0.05) is 19.6 Å².